The van der Waals surface area contributed by atoms with Gasteiger partial charge in [0.15, 0.2) is 0 Å². The smallest absolute Gasteiger partial charge is 0.0693 e. The molecule has 94 valence electrons. The molecule has 0 aromatic heterocycles. The number of anilines is 1. The Bertz CT molecular complexity index is 387. The van der Waals surface area contributed by atoms with Gasteiger partial charge in [0.05, 0.1) is 15.7 Å². The van der Waals surface area contributed by atoms with E-state index in [2.05, 4.69) is 18.7 Å². The topological polar surface area (TPSA) is 29.3 Å². The van der Waals surface area contributed by atoms with E-state index in [1.165, 1.54) is 0 Å². The van der Waals surface area contributed by atoms with Crippen molar-refractivity contribution in [3.05, 3.63) is 27.7 Å². The molecule has 4 heteroatoms. The number of nitrogens with two attached hydrogens (primary N) is 1. The van der Waals surface area contributed by atoms with Gasteiger partial charge < -0.3 is 5.73 Å². The molecule has 0 spiro atoms. The van der Waals surface area contributed by atoms with Gasteiger partial charge in [-0.25, -0.2) is 0 Å². The third kappa shape index (κ3) is 2.87. The summed E-state index contributed by atoms with van der Waals surface area (Å²) in [7, 11) is 0. The van der Waals surface area contributed by atoms with E-state index in [0.717, 1.165) is 37.0 Å². The van der Waals surface area contributed by atoms with Crippen LogP contribution >= 0.6 is 23.2 Å². The normalized spacial score (nSPS) is 25.4. The first-order chi connectivity index (χ1) is 7.97. The zero-order valence-corrected chi connectivity index (χ0v) is 11.7. The standard InChI is InChI=1S/C13H18Cl2N2/c1-8-5-17(6-9(8)2)7-10-3-11(14)13(16)12(15)4-10/h3-4,8-9H,5-7,16H2,1-2H3. The number of nitrogens with zero attached hydrogens (tertiary/aromatic N) is 1. The fourth-order valence-corrected chi connectivity index (χ4v) is 2.90. The van der Waals surface area contributed by atoms with Crippen LogP contribution in [0.15, 0.2) is 12.1 Å². The van der Waals surface area contributed by atoms with Crippen molar-refractivity contribution in [2.45, 2.75) is 20.4 Å². The van der Waals surface area contributed by atoms with Gasteiger partial charge >= 0.3 is 0 Å². The molecule has 1 saturated heterocycles. The molecule has 2 nitrogen and oxygen atoms in total. The molecule has 1 heterocycles. The minimum Gasteiger partial charge on any atom is -0.396 e. The zero-order chi connectivity index (χ0) is 12.6. The Morgan fingerprint density at radius 3 is 2.12 bits per heavy atom. The number of halogens is 2. The largest absolute Gasteiger partial charge is 0.396 e. The fraction of sp³-hybridized carbons (Fsp3) is 0.538. The maximum Gasteiger partial charge on any atom is 0.0693 e. The molecule has 2 rings (SSSR count). The van der Waals surface area contributed by atoms with E-state index in [-0.39, 0.29) is 0 Å². The van der Waals surface area contributed by atoms with Gasteiger partial charge in [0, 0.05) is 19.6 Å². The van der Waals surface area contributed by atoms with Crippen LogP contribution < -0.4 is 5.73 Å². The number of nitrogen functional groups attached to an aromatic ring is 1. The van der Waals surface area contributed by atoms with Gasteiger partial charge in [-0.2, -0.15) is 0 Å². The Kier molecular flexibility index (Phi) is 3.86. The van der Waals surface area contributed by atoms with Crippen molar-refractivity contribution in [1.29, 1.82) is 0 Å². The van der Waals surface area contributed by atoms with Crippen molar-refractivity contribution in [2.75, 3.05) is 18.8 Å². The first-order valence-electron chi connectivity index (χ1n) is 5.93. The van der Waals surface area contributed by atoms with Gasteiger partial charge in [-0.05, 0) is 29.5 Å². The molecular formula is C13H18Cl2N2. The van der Waals surface area contributed by atoms with E-state index in [1.54, 1.807) is 0 Å². The highest BCUT2D eigenvalue weighted by atomic mass is 35.5. The van der Waals surface area contributed by atoms with E-state index in [0.29, 0.717) is 15.7 Å². The van der Waals surface area contributed by atoms with Crippen LogP contribution in [0.4, 0.5) is 5.69 Å². The second kappa shape index (κ2) is 5.05. The van der Waals surface area contributed by atoms with Crippen molar-refractivity contribution in [3.63, 3.8) is 0 Å². The lowest BCUT2D eigenvalue weighted by atomic mass is 10.0. The molecule has 1 aromatic carbocycles. The van der Waals surface area contributed by atoms with Crippen LogP contribution in [0.5, 0.6) is 0 Å². The van der Waals surface area contributed by atoms with Crippen molar-refractivity contribution < 1.29 is 0 Å². The Labute approximate surface area is 113 Å². The second-order valence-electron chi connectivity index (χ2n) is 5.12. The summed E-state index contributed by atoms with van der Waals surface area (Å²) in [6.45, 7) is 7.77. The van der Waals surface area contributed by atoms with Crippen molar-refractivity contribution in [3.8, 4) is 0 Å². The number of benzene rings is 1. The van der Waals surface area contributed by atoms with Crippen LogP contribution in [-0.4, -0.2) is 18.0 Å². The SMILES string of the molecule is CC1CN(Cc2cc(Cl)c(N)c(Cl)c2)CC1C. The van der Waals surface area contributed by atoms with Crippen LogP contribution in [0.2, 0.25) is 10.0 Å². The summed E-state index contributed by atoms with van der Waals surface area (Å²) in [4.78, 5) is 2.44. The molecule has 0 aliphatic carbocycles. The molecular weight excluding hydrogens is 255 g/mol. The summed E-state index contributed by atoms with van der Waals surface area (Å²) in [6.07, 6.45) is 0. The van der Waals surface area contributed by atoms with Crippen molar-refractivity contribution >= 4 is 28.9 Å². The van der Waals surface area contributed by atoms with Gasteiger partial charge in [0.25, 0.3) is 0 Å². The molecule has 0 saturated carbocycles. The quantitative estimate of drug-likeness (QED) is 0.833. The maximum absolute atomic E-state index is 6.03. The van der Waals surface area contributed by atoms with Gasteiger partial charge in [-0.3, -0.25) is 4.90 Å². The maximum atomic E-state index is 6.03. The van der Waals surface area contributed by atoms with Crippen LogP contribution in [-0.2, 0) is 6.54 Å². The van der Waals surface area contributed by atoms with E-state index in [4.69, 9.17) is 28.9 Å². The number of hydrogen-bond acceptors (Lipinski definition) is 2. The molecule has 2 unspecified atom stereocenters. The summed E-state index contributed by atoms with van der Waals surface area (Å²) in [5.74, 6) is 1.52. The van der Waals surface area contributed by atoms with Crippen LogP contribution in [0.1, 0.15) is 19.4 Å². The van der Waals surface area contributed by atoms with Crippen LogP contribution in [0.3, 0.4) is 0 Å². The summed E-state index contributed by atoms with van der Waals surface area (Å²) in [5.41, 5.74) is 7.33. The lowest BCUT2D eigenvalue weighted by molar-refractivity contribution is 0.316. The molecule has 0 radical (unpaired) electrons. The minimum atomic E-state index is 0.472. The van der Waals surface area contributed by atoms with Gasteiger partial charge in [-0.15, -0.1) is 0 Å². The van der Waals surface area contributed by atoms with E-state index < -0.39 is 0 Å². The summed E-state index contributed by atoms with van der Waals surface area (Å²) in [6, 6.07) is 3.83. The average Bonchev–Trinajstić information content (AvgIpc) is 2.54. The highest BCUT2D eigenvalue weighted by Crippen LogP contribution is 2.30. The summed E-state index contributed by atoms with van der Waals surface area (Å²) in [5, 5.41) is 1.10. The van der Waals surface area contributed by atoms with Crippen LogP contribution in [0.25, 0.3) is 0 Å². The van der Waals surface area contributed by atoms with Crippen LogP contribution in [0, 0.1) is 11.8 Å². The summed E-state index contributed by atoms with van der Waals surface area (Å²) < 4.78 is 0. The number of likely N-dealkylation sites (tertiary alicyclic amines) is 1. The summed E-state index contributed by atoms with van der Waals surface area (Å²) >= 11 is 12.1. The minimum absolute atomic E-state index is 0.472. The van der Waals surface area contributed by atoms with E-state index in [9.17, 15) is 0 Å². The lowest BCUT2D eigenvalue weighted by Crippen LogP contribution is -2.20. The van der Waals surface area contributed by atoms with E-state index in [1.807, 2.05) is 12.1 Å². The predicted molar refractivity (Wildman–Crippen MR) is 74.5 cm³/mol. The van der Waals surface area contributed by atoms with Crippen molar-refractivity contribution in [1.82, 2.24) is 4.90 Å². The predicted octanol–water partition coefficient (Wildman–Crippen LogP) is 3.66. The molecule has 0 bridgehead atoms. The average molecular weight is 273 g/mol. The molecule has 1 aromatic rings. The fourth-order valence-electron chi connectivity index (χ4n) is 2.36. The number of hydrogen-bond donors (Lipinski definition) is 1. The van der Waals surface area contributed by atoms with Gasteiger partial charge in [-0.1, -0.05) is 37.0 Å². The molecule has 1 aliphatic heterocycles. The zero-order valence-electron chi connectivity index (χ0n) is 10.2. The Hall–Kier alpha value is -0.440. The third-order valence-corrected chi connectivity index (χ3v) is 4.23. The molecule has 0 amide bonds. The third-order valence-electron chi connectivity index (χ3n) is 3.61. The Morgan fingerprint density at radius 1 is 1.18 bits per heavy atom. The van der Waals surface area contributed by atoms with Crippen molar-refractivity contribution in [2.24, 2.45) is 11.8 Å². The molecule has 17 heavy (non-hydrogen) atoms. The second-order valence-corrected chi connectivity index (χ2v) is 5.94. The number of rotatable bonds is 2. The molecule has 2 atom stereocenters. The first-order valence-corrected chi connectivity index (χ1v) is 6.68. The highest BCUT2D eigenvalue weighted by Gasteiger charge is 2.25. The Balaban J connectivity index is 2.10. The molecule has 1 fully saturated rings. The molecule has 2 N–H and O–H groups in total. The van der Waals surface area contributed by atoms with Gasteiger partial charge in [0.2, 0.25) is 0 Å². The Morgan fingerprint density at radius 2 is 1.65 bits per heavy atom. The van der Waals surface area contributed by atoms with E-state index >= 15 is 0 Å². The first kappa shape index (κ1) is 13.0. The molecule has 1 aliphatic rings. The highest BCUT2D eigenvalue weighted by molar-refractivity contribution is 6.38. The lowest BCUT2D eigenvalue weighted by Gasteiger charge is -2.16. The monoisotopic (exact) mass is 272 g/mol. The van der Waals surface area contributed by atoms with Gasteiger partial charge in [0.1, 0.15) is 0 Å².